The maximum absolute atomic E-state index is 11.8. The van der Waals surface area contributed by atoms with Crippen LogP contribution in [0.25, 0.3) is 0 Å². The van der Waals surface area contributed by atoms with Gasteiger partial charge in [-0.15, -0.1) is 0 Å². The smallest absolute Gasteiger partial charge is 0.335 e. The van der Waals surface area contributed by atoms with Gasteiger partial charge in [-0.05, 0) is 36.4 Å². The highest BCUT2D eigenvalue weighted by Gasteiger charge is 2.24. The number of fused-ring (bicyclic) bond motifs is 1. The lowest BCUT2D eigenvalue weighted by Crippen LogP contribution is -2.35. The number of benzene rings is 2. The third-order valence-electron chi connectivity index (χ3n) is 3.23. The minimum absolute atomic E-state index is 0.108. The molecule has 0 spiro atoms. The standard InChI is InChI=1S/C15H11ClN2O3/c16-10-2-1-3-11(7-10)18-8-14(19)17-12-5-4-9(15(20)21)6-13(12)18/h1-7H,8H2,(H,17,19)(H,20,21). The highest BCUT2D eigenvalue weighted by Crippen LogP contribution is 2.36. The van der Waals surface area contributed by atoms with Gasteiger partial charge in [0.15, 0.2) is 0 Å². The molecule has 1 aliphatic rings. The fourth-order valence-electron chi connectivity index (χ4n) is 2.29. The molecule has 1 aliphatic heterocycles. The molecule has 1 amide bonds. The number of carboxylic acid groups (broad SMARTS) is 1. The van der Waals surface area contributed by atoms with E-state index in [2.05, 4.69) is 5.32 Å². The Balaban J connectivity index is 2.13. The Morgan fingerprint density at radius 3 is 2.76 bits per heavy atom. The Morgan fingerprint density at radius 2 is 2.05 bits per heavy atom. The summed E-state index contributed by atoms with van der Waals surface area (Å²) in [6.07, 6.45) is 0. The lowest BCUT2D eigenvalue weighted by molar-refractivity contribution is -0.115. The van der Waals surface area contributed by atoms with Crippen molar-refractivity contribution in [1.29, 1.82) is 0 Å². The largest absolute Gasteiger partial charge is 0.478 e. The molecule has 0 aromatic heterocycles. The van der Waals surface area contributed by atoms with Crippen molar-refractivity contribution >= 4 is 40.5 Å². The van der Waals surface area contributed by atoms with Gasteiger partial charge in [-0.25, -0.2) is 4.79 Å². The minimum Gasteiger partial charge on any atom is -0.478 e. The third kappa shape index (κ3) is 2.55. The van der Waals surface area contributed by atoms with E-state index in [1.165, 1.54) is 12.1 Å². The highest BCUT2D eigenvalue weighted by atomic mass is 35.5. The molecule has 0 fully saturated rings. The van der Waals surface area contributed by atoms with Crippen LogP contribution in [-0.2, 0) is 4.79 Å². The Kier molecular flexibility index (Phi) is 3.27. The van der Waals surface area contributed by atoms with Crippen LogP contribution in [0.5, 0.6) is 0 Å². The number of carboxylic acids is 1. The first-order valence-electron chi connectivity index (χ1n) is 6.25. The summed E-state index contributed by atoms with van der Waals surface area (Å²) in [5, 5.41) is 12.4. The highest BCUT2D eigenvalue weighted by molar-refractivity contribution is 6.30. The van der Waals surface area contributed by atoms with Crippen molar-refractivity contribution in [2.75, 3.05) is 16.8 Å². The molecule has 2 aromatic rings. The first-order chi connectivity index (χ1) is 10.0. The Bertz CT molecular complexity index is 745. The molecule has 21 heavy (non-hydrogen) atoms. The van der Waals surface area contributed by atoms with Crippen LogP contribution in [0.1, 0.15) is 10.4 Å². The van der Waals surface area contributed by atoms with Crippen molar-refractivity contribution in [3.05, 3.63) is 53.1 Å². The van der Waals surface area contributed by atoms with E-state index >= 15 is 0 Å². The number of nitrogens with zero attached hydrogens (tertiary/aromatic N) is 1. The minimum atomic E-state index is -1.01. The Hall–Kier alpha value is -2.53. The molecule has 0 saturated heterocycles. The normalized spacial score (nSPS) is 13.6. The van der Waals surface area contributed by atoms with Gasteiger partial charge in [-0.1, -0.05) is 17.7 Å². The molecule has 0 atom stereocenters. The topological polar surface area (TPSA) is 69.6 Å². The summed E-state index contributed by atoms with van der Waals surface area (Å²) < 4.78 is 0. The van der Waals surface area contributed by atoms with Gasteiger partial charge < -0.3 is 15.3 Å². The molecular formula is C15H11ClN2O3. The average molecular weight is 303 g/mol. The molecule has 0 aliphatic carbocycles. The number of hydrogen-bond donors (Lipinski definition) is 2. The molecule has 6 heteroatoms. The predicted molar refractivity (Wildman–Crippen MR) is 80.5 cm³/mol. The lowest BCUT2D eigenvalue weighted by atomic mass is 10.1. The number of amides is 1. The molecule has 0 saturated carbocycles. The van der Waals surface area contributed by atoms with Gasteiger partial charge in [0, 0.05) is 10.7 Å². The molecule has 2 N–H and O–H groups in total. The van der Waals surface area contributed by atoms with Gasteiger partial charge in [0.05, 0.1) is 16.9 Å². The molecule has 5 nitrogen and oxygen atoms in total. The SMILES string of the molecule is O=C1CN(c2cccc(Cl)c2)c2cc(C(=O)O)ccc2N1. The van der Waals surface area contributed by atoms with E-state index in [1.54, 1.807) is 29.2 Å². The van der Waals surface area contributed by atoms with Gasteiger partial charge in [0.25, 0.3) is 0 Å². The van der Waals surface area contributed by atoms with Crippen LogP contribution in [-0.4, -0.2) is 23.5 Å². The van der Waals surface area contributed by atoms with E-state index in [0.29, 0.717) is 16.4 Å². The number of halogens is 1. The van der Waals surface area contributed by atoms with Gasteiger partial charge in [0.1, 0.15) is 6.54 Å². The molecule has 1 heterocycles. The summed E-state index contributed by atoms with van der Waals surface area (Å²) >= 11 is 5.99. The van der Waals surface area contributed by atoms with Crippen LogP contribution in [0.3, 0.4) is 0 Å². The number of hydrogen-bond acceptors (Lipinski definition) is 3. The molecule has 106 valence electrons. The summed E-state index contributed by atoms with van der Waals surface area (Å²) in [7, 11) is 0. The van der Waals surface area contributed by atoms with Crippen LogP contribution in [0.15, 0.2) is 42.5 Å². The second-order valence-corrected chi connectivity index (χ2v) is 5.09. The Morgan fingerprint density at radius 1 is 1.24 bits per heavy atom. The van der Waals surface area contributed by atoms with Crippen molar-refractivity contribution < 1.29 is 14.7 Å². The second kappa shape index (κ2) is 5.10. The third-order valence-corrected chi connectivity index (χ3v) is 3.47. The quantitative estimate of drug-likeness (QED) is 0.894. The molecule has 3 rings (SSSR count). The van der Waals surface area contributed by atoms with E-state index in [4.69, 9.17) is 16.7 Å². The van der Waals surface area contributed by atoms with Crippen molar-refractivity contribution in [2.24, 2.45) is 0 Å². The van der Waals surface area contributed by atoms with Gasteiger partial charge in [-0.3, -0.25) is 4.79 Å². The van der Waals surface area contributed by atoms with Gasteiger partial charge in [-0.2, -0.15) is 0 Å². The molecule has 0 bridgehead atoms. The number of carbonyl (C=O) groups is 2. The maximum atomic E-state index is 11.8. The summed E-state index contributed by atoms with van der Waals surface area (Å²) in [6.45, 7) is 0.108. The molecular weight excluding hydrogens is 292 g/mol. The van der Waals surface area contributed by atoms with Crippen molar-refractivity contribution in [3.63, 3.8) is 0 Å². The molecule has 0 radical (unpaired) electrons. The molecule has 0 unspecified atom stereocenters. The van der Waals surface area contributed by atoms with E-state index in [9.17, 15) is 9.59 Å². The van der Waals surface area contributed by atoms with Crippen LogP contribution < -0.4 is 10.2 Å². The average Bonchev–Trinajstić information content (AvgIpc) is 2.45. The summed E-state index contributed by atoms with van der Waals surface area (Å²) in [5.41, 5.74) is 2.12. The number of aromatic carboxylic acids is 1. The zero-order valence-electron chi connectivity index (χ0n) is 10.8. The number of nitrogens with one attached hydrogen (secondary N) is 1. The zero-order chi connectivity index (χ0) is 15.0. The Labute approximate surface area is 125 Å². The molecule has 2 aromatic carbocycles. The van der Waals surface area contributed by atoms with Crippen molar-refractivity contribution in [3.8, 4) is 0 Å². The fraction of sp³-hybridized carbons (Fsp3) is 0.0667. The fourth-order valence-corrected chi connectivity index (χ4v) is 2.47. The van der Waals surface area contributed by atoms with Crippen LogP contribution in [0, 0.1) is 0 Å². The van der Waals surface area contributed by atoms with Crippen LogP contribution >= 0.6 is 11.6 Å². The van der Waals surface area contributed by atoms with Gasteiger partial charge in [0.2, 0.25) is 5.91 Å². The number of anilines is 3. The maximum Gasteiger partial charge on any atom is 0.335 e. The number of carbonyl (C=O) groups excluding carboxylic acids is 1. The summed E-state index contributed by atoms with van der Waals surface area (Å²) in [6, 6.07) is 11.7. The van der Waals surface area contributed by atoms with Crippen molar-refractivity contribution in [2.45, 2.75) is 0 Å². The van der Waals surface area contributed by atoms with E-state index < -0.39 is 5.97 Å². The zero-order valence-corrected chi connectivity index (χ0v) is 11.6. The van der Waals surface area contributed by atoms with Crippen LogP contribution in [0.2, 0.25) is 5.02 Å². The van der Waals surface area contributed by atoms with E-state index in [-0.39, 0.29) is 18.0 Å². The predicted octanol–water partition coefficient (Wildman–Crippen LogP) is 3.13. The summed E-state index contributed by atoms with van der Waals surface area (Å²) in [4.78, 5) is 24.7. The summed E-state index contributed by atoms with van der Waals surface area (Å²) in [5.74, 6) is -1.17. The first kappa shape index (κ1) is 13.5. The van der Waals surface area contributed by atoms with E-state index in [0.717, 1.165) is 5.69 Å². The van der Waals surface area contributed by atoms with Crippen molar-refractivity contribution in [1.82, 2.24) is 0 Å². The van der Waals surface area contributed by atoms with Gasteiger partial charge >= 0.3 is 5.97 Å². The number of rotatable bonds is 2. The second-order valence-electron chi connectivity index (χ2n) is 4.65. The monoisotopic (exact) mass is 302 g/mol. The first-order valence-corrected chi connectivity index (χ1v) is 6.63. The van der Waals surface area contributed by atoms with Crippen LogP contribution in [0.4, 0.5) is 17.1 Å². The lowest BCUT2D eigenvalue weighted by Gasteiger charge is -2.31. The van der Waals surface area contributed by atoms with E-state index in [1.807, 2.05) is 6.07 Å².